The molecule has 120 valence electrons. The molecule has 0 spiro atoms. The summed E-state index contributed by atoms with van der Waals surface area (Å²) >= 11 is 0. The Hall–Kier alpha value is -1.60. The summed E-state index contributed by atoms with van der Waals surface area (Å²) in [6, 6.07) is 3.85. The SMILES string of the molecule is Cc1nn(C)cc1S(=O)(=O)N1CCn2cccc2C1C(C)C. The normalized spacial score (nSPS) is 19.6. The van der Waals surface area contributed by atoms with E-state index in [1.807, 2.05) is 18.3 Å². The zero-order valence-corrected chi connectivity index (χ0v) is 14.2. The van der Waals surface area contributed by atoms with Gasteiger partial charge in [-0.25, -0.2) is 8.42 Å². The Balaban J connectivity index is 2.09. The van der Waals surface area contributed by atoms with Crippen molar-refractivity contribution < 1.29 is 8.42 Å². The minimum absolute atomic E-state index is 0.145. The average molecular weight is 322 g/mol. The van der Waals surface area contributed by atoms with Gasteiger partial charge in [-0.2, -0.15) is 9.40 Å². The van der Waals surface area contributed by atoms with Crippen LogP contribution in [0.1, 0.15) is 31.3 Å². The summed E-state index contributed by atoms with van der Waals surface area (Å²) in [4.78, 5) is 0.306. The predicted molar refractivity (Wildman–Crippen MR) is 83.8 cm³/mol. The van der Waals surface area contributed by atoms with Gasteiger partial charge >= 0.3 is 0 Å². The monoisotopic (exact) mass is 322 g/mol. The first kappa shape index (κ1) is 15.3. The summed E-state index contributed by atoms with van der Waals surface area (Å²) in [6.45, 7) is 7.03. The lowest BCUT2D eigenvalue weighted by atomic mass is 9.99. The third-order valence-corrected chi connectivity index (χ3v) is 6.21. The molecule has 6 nitrogen and oxygen atoms in total. The van der Waals surface area contributed by atoms with Gasteiger partial charge in [0.25, 0.3) is 0 Å². The lowest BCUT2D eigenvalue weighted by Gasteiger charge is -2.38. The van der Waals surface area contributed by atoms with E-state index in [9.17, 15) is 8.42 Å². The Kier molecular flexibility index (Phi) is 3.65. The van der Waals surface area contributed by atoms with Crippen LogP contribution in [0.3, 0.4) is 0 Å². The number of aromatic nitrogens is 3. The molecule has 0 bridgehead atoms. The highest BCUT2D eigenvalue weighted by Crippen LogP contribution is 2.36. The quantitative estimate of drug-likeness (QED) is 0.867. The Labute approximate surface area is 131 Å². The number of sulfonamides is 1. The third-order valence-electron chi connectivity index (χ3n) is 4.23. The maximum Gasteiger partial charge on any atom is 0.247 e. The molecule has 0 radical (unpaired) electrons. The maximum absolute atomic E-state index is 13.1. The molecular weight excluding hydrogens is 300 g/mol. The number of hydrogen-bond donors (Lipinski definition) is 0. The third kappa shape index (κ3) is 2.28. The fourth-order valence-electron chi connectivity index (χ4n) is 3.29. The molecule has 0 aliphatic carbocycles. The first-order valence-electron chi connectivity index (χ1n) is 7.49. The van der Waals surface area contributed by atoms with Crippen molar-refractivity contribution in [3.63, 3.8) is 0 Å². The van der Waals surface area contributed by atoms with E-state index in [4.69, 9.17) is 0 Å². The summed E-state index contributed by atoms with van der Waals surface area (Å²) in [5.41, 5.74) is 1.61. The lowest BCUT2D eigenvalue weighted by Crippen LogP contribution is -2.43. The van der Waals surface area contributed by atoms with Gasteiger partial charge in [0, 0.05) is 38.2 Å². The molecule has 2 aromatic rings. The topological polar surface area (TPSA) is 60.1 Å². The van der Waals surface area contributed by atoms with E-state index in [0.29, 0.717) is 23.7 Å². The van der Waals surface area contributed by atoms with Crippen molar-refractivity contribution in [2.24, 2.45) is 13.0 Å². The van der Waals surface area contributed by atoms with Gasteiger partial charge in [0.05, 0.1) is 11.7 Å². The molecule has 0 saturated heterocycles. The zero-order chi connectivity index (χ0) is 16.1. The molecule has 2 aromatic heterocycles. The first-order chi connectivity index (χ1) is 10.3. The number of fused-ring (bicyclic) bond motifs is 1. The van der Waals surface area contributed by atoms with Crippen LogP contribution in [-0.4, -0.2) is 33.6 Å². The van der Waals surface area contributed by atoms with E-state index >= 15 is 0 Å². The highest BCUT2D eigenvalue weighted by atomic mass is 32.2. The van der Waals surface area contributed by atoms with Gasteiger partial charge in [0.2, 0.25) is 10.0 Å². The van der Waals surface area contributed by atoms with Crippen LogP contribution >= 0.6 is 0 Å². The molecule has 0 aromatic carbocycles. The molecule has 0 amide bonds. The van der Waals surface area contributed by atoms with Gasteiger partial charge in [-0.1, -0.05) is 13.8 Å². The predicted octanol–water partition coefficient (Wildman–Crippen LogP) is 1.93. The number of rotatable bonds is 3. The molecular formula is C15H22N4O2S. The van der Waals surface area contributed by atoms with Crippen LogP contribution in [0.25, 0.3) is 0 Å². The number of aryl methyl sites for hydroxylation is 2. The van der Waals surface area contributed by atoms with Gasteiger partial charge in [0.1, 0.15) is 4.90 Å². The number of nitrogens with zero attached hydrogens (tertiary/aromatic N) is 4. The van der Waals surface area contributed by atoms with Crippen LogP contribution in [-0.2, 0) is 23.6 Å². The van der Waals surface area contributed by atoms with Crippen molar-refractivity contribution in [2.45, 2.75) is 38.3 Å². The first-order valence-corrected chi connectivity index (χ1v) is 8.93. The fraction of sp³-hybridized carbons (Fsp3) is 0.533. The molecule has 3 rings (SSSR count). The minimum atomic E-state index is -3.55. The van der Waals surface area contributed by atoms with Gasteiger partial charge in [-0.05, 0) is 25.0 Å². The molecule has 1 unspecified atom stereocenters. The Morgan fingerprint density at radius 1 is 1.32 bits per heavy atom. The standard InChI is InChI=1S/C15H22N4O2S/c1-11(2)15-13-6-5-7-18(13)8-9-19(15)22(20,21)14-10-17(4)16-12(14)3/h5-7,10-11,15H,8-9H2,1-4H3. The van der Waals surface area contributed by atoms with Crippen LogP contribution < -0.4 is 0 Å². The van der Waals surface area contributed by atoms with E-state index in [1.165, 1.54) is 0 Å². The van der Waals surface area contributed by atoms with Crippen LogP contribution in [0, 0.1) is 12.8 Å². The maximum atomic E-state index is 13.1. The summed E-state index contributed by atoms with van der Waals surface area (Å²) in [5, 5.41) is 4.18. The van der Waals surface area contributed by atoms with Crippen molar-refractivity contribution in [3.8, 4) is 0 Å². The zero-order valence-electron chi connectivity index (χ0n) is 13.4. The van der Waals surface area contributed by atoms with Crippen molar-refractivity contribution >= 4 is 10.0 Å². The Bertz CT molecular complexity index is 788. The number of hydrogen-bond acceptors (Lipinski definition) is 3. The van der Waals surface area contributed by atoms with Crippen LogP contribution in [0.4, 0.5) is 0 Å². The molecule has 0 saturated carbocycles. The van der Waals surface area contributed by atoms with Crippen molar-refractivity contribution in [1.82, 2.24) is 18.7 Å². The summed E-state index contributed by atoms with van der Waals surface area (Å²) in [5.74, 6) is 0.195. The van der Waals surface area contributed by atoms with E-state index in [0.717, 1.165) is 5.69 Å². The molecule has 1 atom stereocenters. The molecule has 7 heteroatoms. The van der Waals surface area contributed by atoms with E-state index < -0.39 is 10.0 Å². The molecule has 1 aliphatic heterocycles. The average Bonchev–Trinajstić information content (AvgIpc) is 3.03. The molecule has 22 heavy (non-hydrogen) atoms. The van der Waals surface area contributed by atoms with Gasteiger partial charge in [0.15, 0.2) is 0 Å². The lowest BCUT2D eigenvalue weighted by molar-refractivity contribution is 0.215. The summed E-state index contributed by atoms with van der Waals surface area (Å²) in [6.07, 6.45) is 3.61. The van der Waals surface area contributed by atoms with Gasteiger partial charge < -0.3 is 4.57 Å². The van der Waals surface area contributed by atoms with E-state index in [-0.39, 0.29) is 12.0 Å². The Morgan fingerprint density at radius 2 is 2.05 bits per heavy atom. The highest BCUT2D eigenvalue weighted by Gasteiger charge is 2.39. The van der Waals surface area contributed by atoms with Crippen molar-refractivity contribution in [3.05, 3.63) is 35.9 Å². The second-order valence-electron chi connectivity index (χ2n) is 6.18. The molecule has 3 heterocycles. The van der Waals surface area contributed by atoms with E-state index in [1.54, 1.807) is 29.2 Å². The minimum Gasteiger partial charge on any atom is -0.349 e. The molecule has 0 N–H and O–H groups in total. The van der Waals surface area contributed by atoms with Crippen LogP contribution in [0.15, 0.2) is 29.4 Å². The second-order valence-corrected chi connectivity index (χ2v) is 8.04. The smallest absolute Gasteiger partial charge is 0.247 e. The Morgan fingerprint density at radius 3 is 2.64 bits per heavy atom. The van der Waals surface area contributed by atoms with Crippen molar-refractivity contribution in [1.29, 1.82) is 0 Å². The van der Waals surface area contributed by atoms with Crippen molar-refractivity contribution in [2.75, 3.05) is 6.54 Å². The van der Waals surface area contributed by atoms with Crippen LogP contribution in [0.5, 0.6) is 0 Å². The van der Waals surface area contributed by atoms with E-state index in [2.05, 4.69) is 23.5 Å². The largest absolute Gasteiger partial charge is 0.349 e. The van der Waals surface area contributed by atoms with Gasteiger partial charge in [-0.3, -0.25) is 4.68 Å². The van der Waals surface area contributed by atoms with Gasteiger partial charge in [-0.15, -0.1) is 0 Å². The summed E-state index contributed by atoms with van der Waals surface area (Å²) < 4.78 is 31.6. The summed E-state index contributed by atoms with van der Waals surface area (Å²) in [7, 11) is -1.81. The highest BCUT2D eigenvalue weighted by molar-refractivity contribution is 7.89. The molecule has 1 aliphatic rings. The second kappa shape index (κ2) is 5.24. The molecule has 0 fully saturated rings. The van der Waals surface area contributed by atoms with Crippen LogP contribution in [0.2, 0.25) is 0 Å². The fourth-order valence-corrected chi connectivity index (χ4v) is 5.22.